The molecule has 0 aromatic carbocycles. The summed E-state index contributed by atoms with van der Waals surface area (Å²) in [6.45, 7) is 14.2. The number of aliphatic hydroxyl groups excluding tert-OH is 1. The first kappa shape index (κ1) is 93.1. The molecule has 0 saturated carbocycles. The predicted octanol–water partition coefficient (Wildman–Crippen LogP) is 22.0. The summed E-state index contributed by atoms with van der Waals surface area (Å²) in [5.41, 5.74) is 0. The molecule has 0 saturated heterocycles. The van der Waals surface area contributed by atoms with Gasteiger partial charge in [0.1, 0.15) is 19.3 Å². The molecule has 0 heterocycles. The number of carbonyl (C=O) groups is 4. The topological polar surface area (TPSA) is 237 Å². The number of phosphoric ester groups is 2. The minimum Gasteiger partial charge on any atom is -0.462 e. The molecule has 0 aliphatic carbocycles. The summed E-state index contributed by atoms with van der Waals surface area (Å²) >= 11 is 0. The molecule has 0 bridgehead atoms. The van der Waals surface area contributed by atoms with Crippen molar-refractivity contribution in [3.8, 4) is 0 Å². The maximum atomic E-state index is 13.1. The molecular weight excluding hydrogens is 1250 g/mol. The molecule has 17 nitrogen and oxygen atoms in total. The van der Waals surface area contributed by atoms with Crippen molar-refractivity contribution in [1.29, 1.82) is 0 Å². The SMILES string of the molecule is CCC(C)CCCCCCCCCCCCC(=O)O[C@H](COC(=O)CCCCCCCCC(C)CC)COP(=O)(O)OCC(O)COP(=O)(O)OC[C@@H](COC(=O)CCCCCCCCCC(C)C)OC(=O)CCCCCCCCCCCCCCCCCCCCC(C)C. The lowest BCUT2D eigenvalue weighted by atomic mass is 9.99. The Labute approximate surface area is 581 Å². The number of ether oxygens (including phenoxy) is 4. The first-order valence-corrected chi connectivity index (χ1v) is 42.3. The number of hydrogen-bond acceptors (Lipinski definition) is 15. The molecule has 0 radical (unpaired) electrons. The largest absolute Gasteiger partial charge is 0.472 e. The fourth-order valence-electron chi connectivity index (χ4n) is 11.5. The fourth-order valence-corrected chi connectivity index (χ4v) is 13.1. The zero-order chi connectivity index (χ0) is 70.3. The molecule has 19 heteroatoms. The average Bonchev–Trinajstić information content (AvgIpc) is 1.37. The molecular formula is C76H148O17P2. The van der Waals surface area contributed by atoms with Crippen LogP contribution in [0.1, 0.15) is 383 Å². The van der Waals surface area contributed by atoms with Crippen LogP contribution in [0, 0.1) is 23.7 Å². The van der Waals surface area contributed by atoms with Crippen molar-refractivity contribution in [2.45, 2.75) is 401 Å². The molecule has 0 spiro atoms. The smallest absolute Gasteiger partial charge is 0.462 e. The summed E-state index contributed by atoms with van der Waals surface area (Å²) < 4.78 is 68.5. The van der Waals surface area contributed by atoms with Crippen molar-refractivity contribution in [2.24, 2.45) is 23.7 Å². The van der Waals surface area contributed by atoms with Gasteiger partial charge in [0.2, 0.25) is 0 Å². The molecule has 5 unspecified atom stereocenters. The van der Waals surface area contributed by atoms with Crippen molar-refractivity contribution in [2.75, 3.05) is 39.6 Å². The van der Waals surface area contributed by atoms with Crippen LogP contribution < -0.4 is 0 Å². The van der Waals surface area contributed by atoms with Gasteiger partial charge in [-0.25, -0.2) is 9.13 Å². The first-order chi connectivity index (χ1) is 45.7. The van der Waals surface area contributed by atoms with Crippen molar-refractivity contribution in [3.05, 3.63) is 0 Å². The highest BCUT2D eigenvalue weighted by Gasteiger charge is 2.30. The Morgan fingerprint density at radius 1 is 0.295 bits per heavy atom. The highest BCUT2D eigenvalue weighted by Crippen LogP contribution is 2.45. The van der Waals surface area contributed by atoms with Crippen LogP contribution in [0.3, 0.4) is 0 Å². The van der Waals surface area contributed by atoms with Gasteiger partial charge in [-0.1, -0.05) is 331 Å². The summed E-state index contributed by atoms with van der Waals surface area (Å²) in [5.74, 6) is 0.935. The molecule has 0 amide bonds. The summed E-state index contributed by atoms with van der Waals surface area (Å²) in [6, 6.07) is 0. The lowest BCUT2D eigenvalue weighted by molar-refractivity contribution is -0.161. The number of rotatable bonds is 73. The quantitative estimate of drug-likeness (QED) is 0.0222. The minimum atomic E-state index is -4.96. The van der Waals surface area contributed by atoms with Crippen LogP contribution in [-0.4, -0.2) is 96.7 Å². The minimum absolute atomic E-state index is 0.105. The number of hydrogen-bond donors (Lipinski definition) is 3. The lowest BCUT2D eigenvalue weighted by Gasteiger charge is -2.21. The Balaban J connectivity index is 5.19. The molecule has 0 rings (SSSR count). The lowest BCUT2D eigenvalue weighted by Crippen LogP contribution is -2.30. The van der Waals surface area contributed by atoms with Crippen LogP contribution in [0.15, 0.2) is 0 Å². The second kappa shape index (κ2) is 65.4. The second-order valence-corrected chi connectivity index (χ2v) is 31.7. The standard InChI is InChI=1S/C76H148O17P2/c1-9-68(7)54-46-38-30-24-21-22-26-32-43-51-59-76(81)93-72(63-87-74(79)57-49-41-35-34-39-47-55-69(8)10-2)65-91-95(84,85)89-61-70(77)60-88-94(82,83)90-64-71(62-86-73(78)56-48-40-33-27-29-37-45-53-67(5)6)92-75(80)58-50-42-31-25-20-18-16-14-12-11-13-15-17-19-23-28-36-44-52-66(3)4/h66-72,77H,9-65H2,1-8H3,(H,82,83)(H,84,85)/t68?,69?,70?,71-,72-/m1/s1. The van der Waals surface area contributed by atoms with Crippen LogP contribution in [0.4, 0.5) is 0 Å². The molecule has 564 valence electrons. The Hall–Kier alpha value is -1.94. The molecule has 0 aliphatic rings. The van der Waals surface area contributed by atoms with E-state index in [4.69, 9.17) is 37.0 Å². The summed E-state index contributed by atoms with van der Waals surface area (Å²) in [4.78, 5) is 72.7. The van der Waals surface area contributed by atoms with Gasteiger partial charge >= 0.3 is 39.5 Å². The van der Waals surface area contributed by atoms with E-state index in [1.54, 1.807) is 0 Å². The number of esters is 4. The van der Waals surface area contributed by atoms with E-state index in [2.05, 4.69) is 55.4 Å². The summed E-state index contributed by atoms with van der Waals surface area (Å²) in [7, 11) is -9.91. The van der Waals surface area contributed by atoms with E-state index < -0.39 is 97.5 Å². The molecule has 0 aliphatic heterocycles. The third kappa shape index (κ3) is 67.6. The van der Waals surface area contributed by atoms with Gasteiger partial charge in [-0.15, -0.1) is 0 Å². The molecule has 0 aromatic heterocycles. The third-order valence-electron chi connectivity index (χ3n) is 18.3. The van der Waals surface area contributed by atoms with E-state index >= 15 is 0 Å². The van der Waals surface area contributed by atoms with Gasteiger partial charge in [0.15, 0.2) is 12.2 Å². The molecule has 0 fully saturated rings. The Bertz CT molecular complexity index is 1870. The van der Waals surface area contributed by atoms with Crippen LogP contribution in [-0.2, 0) is 65.4 Å². The first-order valence-electron chi connectivity index (χ1n) is 39.3. The molecule has 0 aromatic rings. The molecule has 95 heavy (non-hydrogen) atoms. The van der Waals surface area contributed by atoms with Crippen LogP contribution in [0.2, 0.25) is 0 Å². The van der Waals surface area contributed by atoms with Gasteiger partial charge in [-0.3, -0.25) is 37.3 Å². The second-order valence-electron chi connectivity index (χ2n) is 28.8. The molecule has 7 atom stereocenters. The zero-order valence-electron chi connectivity index (χ0n) is 62.3. The Morgan fingerprint density at radius 2 is 0.505 bits per heavy atom. The molecule has 3 N–H and O–H groups in total. The number of unbranched alkanes of at least 4 members (excludes halogenated alkanes) is 37. The van der Waals surface area contributed by atoms with E-state index in [1.165, 1.54) is 173 Å². The monoisotopic (exact) mass is 1400 g/mol. The Morgan fingerprint density at radius 3 is 0.747 bits per heavy atom. The normalized spacial score (nSPS) is 14.7. The number of phosphoric acid groups is 2. The van der Waals surface area contributed by atoms with Crippen LogP contribution in [0.5, 0.6) is 0 Å². The van der Waals surface area contributed by atoms with E-state index in [0.29, 0.717) is 31.6 Å². The maximum absolute atomic E-state index is 13.1. The van der Waals surface area contributed by atoms with Gasteiger partial charge in [0, 0.05) is 25.7 Å². The number of aliphatic hydroxyl groups is 1. The van der Waals surface area contributed by atoms with Crippen molar-refractivity contribution >= 4 is 39.5 Å². The predicted molar refractivity (Wildman–Crippen MR) is 386 cm³/mol. The maximum Gasteiger partial charge on any atom is 0.472 e. The van der Waals surface area contributed by atoms with Crippen molar-refractivity contribution in [1.82, 2.24) is 0 Å². The van der Waals surface area contributed by atoms with Crippen molar-refractivity contribution in [3.63, 3.8) is 0 Å². The van der Waals surface area contributed by atoms with Crippen LogP contribution >= 0.6 is 15.6 Å². The van der Waals surface area contributed by atoms with E-state index in [-0.39, 0.29) is 25.7 Å². The highest BCUT2D eigenvalue weighted by atomic mass is 31.2. The van der Waals surface area contributed by atoms with Gasteiger partial charge < -0.3 is 33.8 Å². The van der Waals surface area contributed by atoms with Crippen LogP contribution in [0.25, 0.3) is 0 Å². The van der Waals surface area contributed by atoms with Gasteiger partial charge in [-0.05, 0) is 49.4 Å². The van der Waals surface area contributed by atoms with E-state index in [1.807, 2.05) is 0 Å². The average molecular weight is 1400 g/mol. The number of carbonyl (C=O) groups excluding carboxylic acids is 4. The highest BCUT2D eigenvalue weighted by molar-refractivity contribution is 7.47. The summed E-state index contributed by atoms with van der Waals surface area (Å²) in [6.07, 6.45) is 50.1. The van der Waals surface area contributed by atoms with E-state index in [0.717, 1.165) is 120 Å². The van der Waals surface area contributed by atoms with Crippen molar-refractivity contribution < 1.29 is 80.2 Å². The fraction of sp³-hybridized carbons (Fsp3) is 0.947. The van der Waals surface area contributed by atoms with Gasteiger partial charge in [0.05, 0.1) is 26.4 Å². The van der Waals surface area contributed by atoms with Gasteiger partial charge in [-0.2, -0.15) is 0 Å². The van der Waals surface area contributed by atoms with Gasteiger partial charge in [0.25, 0.3) is 0 Å². The Kier molecular flexibility index (Phi) is 64.0. The zero-order valence-corrected chi connectivity index (χ0v) is 64.1. The van der Waals surface area contributed by atoms with E-state index in [9.17, 15) is 43.2 Å². The third-order valence-corrected chi connectivity index (χ3v) is 20.2. The summed E-state index contributed by atoms with van der Waals surface area (Å²) in [5, 5.41) is 10.6.